The Bertz CT molecular complexity index is 1370. The monoisotopic (exact) mass is 539 g/mol. The van der Waals surface area contributed by atoms with E-state index < -0.39 is 0 Å². The molecule has 1 amide bonds. The molecule has 0 aliphatic carbocycles. The highest BCUT2D eigenvalue weighted by Gasteiger charge is 2.16. The molecule has 32 heavy (non-hydrogen) atoms. The van der Waals surface area contributed by atoms with E-state index >= 15 is 0 Å². The van der Waals surface area contributed by atoms with Crippen molar-refractivity contribution in [1.29, 1.82) is 0 Å². The topological polar surface area (TPSA) is 87.7 Å². The first-order chi connectivity index (χ1) is 15.3. The number of hydrogen-bond acceptors (Lipinski definition) is 5. The number of amides is 1. The van der Waals surface area contributed by atoms with Crippen LogP contribution in [0.3, 0.4) is 0 Å². The zero-order valence-corrected chi connectivity index (χ0v) is 20.1. The van der Waals surface area contributed by atoms with Gasteiger partial charge in [0.1, 0.15) is 5.56 Å². The highest BCUT2D eigenvalue weighted by molar-refractivity contribution is 14.1. The van der Waals surface area contributed by atoms with E-state index in [0.717, 1.165) is 14.7 Å². The predicted octanol–water partition coefficient (Wildman–Crippen LogP) is 5.33. The molecule has 0 aliphatic heterocycles. The van der Waals surface area contributed by atoms with Gasteiger partial charge in [0.25, 0.3) is 5.91 Å². The molecule has 4 aromatic rings. The molecule has 0 spiro atoms. The summed E-state index contributed by atoms with van der Waals surface area (Å²) in [6.45, 7) is 5.59. The molecule has 2 N–H and O–H groups in total. The maximum absolute atomic E-state index is 13.3. The van der Waals surface area contributed by atoms with Crippen LogP contribution in [-0.4, -0.2) is 16.0 Å². The summed E-state index contributed by atoms with van der Waals surface area (Å²) in [5.41, 5.74) is 5.67. The molecule has 2 aromatic heterocycles. The lowest BCUT2D eigenvalue weighted by molar-refractivity contribution is 0.102. The fourth-order valence-corrected chi connectivity index (χ4v) is 3.88. The molecule has 0 saturated carbocycles. The molecule has 2 heterocycles. The second-order valence-electron chi connectivity index (χ2n) is 7.65. The van der Waals surface area contributed by atoms with Crippen molar-refractivity contribution in [3.63, 3.8) is 0 Å². The minimum Gasteiger partial charge on any atom is -0.436 e. The highest BCUT2D eigenvalue weighted by atomic mass is 127. The van der Waals surface area contributed by atoms with Gasteiger partial charge in [0.2, 0.25) is 5.55 Å². The largest absolute Gasteiger partial charge is 0.436 e. The van der Waals surface area contributed by atoms with Crippen molar-refractivity contribution < 1.29 is 14.3 Å². The SMILES string of the molecule is Cc1cc(C)cc(N=c2oc3c(C)ncc(CO)c3cc2C(=O)Nc2ccc(I)cc2)c1. The number of benzene rings is 2. The van der Waals surface area contributed by atoms with Gasteiger partial charge >= 0.3 is 0 Å². The number of aliphatic hydroxyl groups excluding tert-OH is 1. The Balaban J connectivity index is 1.93. The van der Waals surface area contributed by atoms with Gasteiger partial charge in [-0.1, -0.05) is 6.07 Å². The fourth-order valence-electron chi connectivity index (χ4n) is 3.52. The Morgan fingerprint density at radius 1 is 1.09 bits per heavy atom. The summed E-state index contributed by atoms with van der Waals surface area (Å²) in [7, 11) is 0. The average molecular weight is 539 g/mol. The minimum atomic E-state index is -0.349. The van der Waals surface area contributed by atoms with Crippen molar-refractivity contribution in [2.75, 3.05) is 5.32 Å². The van der Waals surface area contributed by atoms with Crippen molar-refractivity contribution in [3.05, 3.63) is 91.8 Å². The van der Waals surface area contributed by atoms with Crippen molar-refractivity contribution in [2.45, 2.75) is 27.4 Å². The van der Waals surface area contributed by atoms with Crippen molar-refractivity contribution in [2.24, 2.45) is 4.99 Å². The summed E-state index contributed by atoms with van der Waals surface area (Å²) in [6, 6.07) is 15.1. The van der Waals surface area contributed by atoms with Crippen LogP contribution in [0, 0.1) is 24.3 Å². The smallest absolute Gasteiger partial charge is 0.261 e. The number of carbonyl (C=O) groups excluding carboxylic acids is 1. The predicted molar refractivity (Wildman–Crippen MR) is 133 cm³/mol. The number of carbonyl (C=O) groups is 1. The zero-order valence-electron chi connectivity index (χ0n) is 17.9. The average Bonchev–Trinajstić information content (AvgIpc) is 2.75. The second-order valence-corrected chi connectivity index (χ2v) is 8.90. The molecule has 0 radical (unpaired) electrons. The summed E-state index contributed by atoms with van der Waals surface area (Å²) in [5.74, 6) is -0.349. The summed E-state index contributed by atoms with van der Waals surface area (Å²) < 4.78 is 7.20. The van der Waals surface area contributed by atoms with E-state index in [9.17, 15) is 9.90 Å². The first kappa shape index (κ1) is 22.2. The van der Waals surface area contributed by atoms with Crippen LogP contribution in [0.5, 0.6) is 0 Å². The summed E-state index contributed by atoms with van der Waals surface area (Å²) in [5, 5.41) is 13.3. The molecule has 4 rings (SSSR count). The van der Waals surface area contributed by atoms with Crippen LogP contribution in [0.1, 0.15) is 32.7 Å². The van der Waals surface area contributed by atoms with E-state index in [2.05, 4.69) is 44.0 Å². The lowest BCUT2D eigenvalue weighted by atomic mass is 10.1. The molecule has 0 saturated heterocycles. The lowest BCUT2D eigenvalue weighted by Crippen LogP contribution is -2.22. The second kappa shape index (κ2) is 9.22. The Kier molecular flexibility index (Phi) is 6.38. The zero-order chi connectivity index (χ0) is 22.8. The fraction of sp³-hybridized carbons (Fsp3) is 0.160. The van der Waals surface area contributed by atoms with Gasteiger partial charge in [-0.2, -0.15) is 0 Å². The molecule has 0 atom stereocenters. The molecule has 162 valence electrons. The first-order valence-corrected chi connectivity index (χ1v) is 11.1. The van der Waals surface area contributed by atoms with Crippen molar-refractivity contribution in [1.82, 2.24) is 4.98 Å². The van der Waals surface area contributed by atoms with Gasteiger partial charge in [-0.3, -0.25) is 9.78 Å². The van der Waals surface area contributed by atoms with Crippen LogP contribution < -0.4 is 10.9 Å². The summed E-state index contributed by atoms with van der Waals surface area (Å²) >= 11 is 2.21. The molecular formula is C25H22IN3O3. The number of nitrogens with zero attached hydrogens (tertiary/aromatic N) is 2. The normalized spacial score (nSPS) is 11.7. The molecular weight excluding hydrogens is 517 g/mol. The van der Waals surface area contributed by atoms with E-state index in [1.807, 2.05) is 57.2 Å². The third kappa shape index (κ3) is 4.73. The van der Waals surface area contributed by atoms with Gasteiger partial charge in [0.15, 0.2) is 5.58 Å². The number of rotatable bonds is 4. The van der Waals surface area contributed by atoms with Crippen LogP contribution in [0.15, 0.2) is 64.1 Å². The van der Waals surface area contributed by atoms with Gasteiger partial charge in [0.05, 0.1) is 18.0 Å². The Labute approximate surface area is 199 Å². The standard InChI is InChI=1S/C25H22IN3O3/c1-14-8-15(2)10-20(9-14)29-25-22(24(31)28-19-6-4-18(26)5-7-19)11-21-17(13-30)12-27-16(3)23(21)32-25/h4-12,30H,13H2,1-3H3,(H,28,31). The van der Waals surface area contributed by atoms with E-state index in [0.29, 0.717) is 33.6 Å². The number of aryl methyl sites for hydroxylation is 3. The molecule has 6 nitrogen and oxygen atoms in total. The number of pyridine rings is 1. The van der Waals surface area contributed by atoms with Gasteiger partial charge in [-0.15, -0.1) is 0 Å². The van der Waals surface area contributed by atoms with Crippen LogP contribution in [-0.2, 0) is 6.61 Å². The van der Waals surface area contributed by atoms with Crippen LogP contribution in [0.25, 0.3) is 11.0 Å². The summed E-state index contributed by atoms with van der Waals surface area (Å²) in [6.07, 6.45) is 1.59. The Hall–Kier alpha value is -3.04. The number of fused-ring (bicyclic) bond motifs is 1. The number of anilines is 1. The van der Waals surface area contributed by atoms with Crippen LogP contribution in [0.2, 0.25) is 0 Å². The van der Waals surface area contributed by atoms with E-state index in [-0.39, 0.29) is 23.6 Å². The van der Waals surface area contributed by atoms with Gasteiger partial charge < -0.3 is 14.8 Å². The lowest BCUT2D eigenvalue weighted by Gasteiger charge is -2.10. The van der Waals surface area contributed by atoms with Crippen LogP contribution >= 0.6 is 22.6 Å². The number of aliphatic hydroxyl groups is 1. The van der Waals surface area contributed by atoms with Gasteiger partial charge in [-0.05, 0) is 97.0 Å². The number of hydrogen-bond donors (Lipinski definition) is 2. The maximum Gasteiger partial charge on any atom is 0.261 e. The van der Waals surface area contributed by atoms with Crippen molar-refractivity contribution >= 4 is 50.8 Å². The van der Waals surface area contributed by atoms with E-state index in [1.165, 1.54) is 0 Å². The molecule has 2 aromatic carbocycles. The molecule has 0 unspecified atom stereocenters. The molecule has 0 fully saturated rings. The van der Waals surface area contributed by atoms with Crippen molar-refractivity contribution in [3.8, 4) is 0 Å². The highest BCUT2D eigenvalue weighted by Crippen LogP contribution is 2.23. The minimum absolute atomic E-state index is 0.186. The quantitative estimate of drug-likeness (QED) is 0.343. The molecule has 0 aliphatic rings. The van der Waals surface area contributed by atoms with Crippen LogP contribution in [0.4, 0.5) is 11.4 Å². The first-order valence-electron chi connectivity index (χ1n) is 10.1. The molecule has 7 heteroatoms. The van der Waals surface area contributed by atoms with E-state index in [1.54, 1.807) is 12.3 Å². The molecule has 0 bridgehead atoms. The Morgan fingerprint density at radius 2 is 1.78 bits per heavy atom. The number of aromatic nitrogens is 1. The summed E-state index contributed by atoms with van der Waals surface area (Å²) in [4.78, 5) is 22.2. The third-order valence-corrected chi connectivity index (χ3v) is 5.72. The Morgan fingerprint density at radius 3 is 2.44 bits per heavy atom. The maximum atomic E-state index is 13.3. The number of nitrogens with one attached hydrogen (secondary N) is 1. The van der Waals surface area contributed by atoms with E-state index in [4.69, 9.17) is 4.42 Å². The number of halogens is 1. The van der Waals surface area contributed by atoms with Gasteiger partial charge in [-0.25, -0.2) is 4.99 Å². The van der Waals surface area contributed by atoms with Gasteiger partial charge in [0, 0.05) is 26.4 Å². The third-order valence-electron chi connectivity index (χ3n) is 5.01.